The zero-order chi connectivity index (χ0) is 8.70. The van der Waals surface area contributed by atoms with Gasteiger partial charge in [0.25, 0.3) is 5.92 Å². The van der Waals surface area contributed by atoms with E-state index < -0.39 is 17.5 Å². The molecule has 66 valence electrons. The highest BCUT2D eigenvalue weighted by atomic mass is 19.3. The molecule has 0 nitrogen and oxygen atoms in total. The van der Waals surface area contributed by atoms with Gasteiger partial charge in [-0.25, -0.2) is 13.2 Å². The normalized spacial score (nSPS) is 43.9. The molecule has 0 aromatic heterocycles. The lowest BCUT2D eigenvalue weighted by atomic mass is 9.79. The molecule has 0 aliphatic heterocycles. The van der Waals surface area contributed by atoms with Crippen molar-refractivity contribution in [1.29, 1.82) is 0 Å². The summed E-state index contributed by atoms with van der Waals surface area (Å²) in [5.41, 5.74) is -0.869. The highest BCUT2D eigenvalue weighted by molar-refractivity contribution is 5.17. The van der Waals surface area contributed by atoms with Crippen molar-refractivity contribution in [1.82, 2.24) is 0 Å². The lowest BCUT2D eigenvalue weighted by Crippen LogP contribution is -2.31. The maximum Gasteiger partial charge on any atom is 0.254 e. The third-order valence-electron chi connectivity index (χ3n) is 2.44. The average Bonchev–Trinajstić information content (AvgIpc) is 2.39. The van der Waals surface area contributed by atoms with Crippen molar-refractivity contribution < 1.29 is 13.2 Å². The molecule has 2 aliphatic rings. The summed E-state index contributed by atoms with van der Waals surface area (Å²) >= 11 is 0. The molecule has 0 radical (unpaired) electrons. The van der Waals surface area contributed by atoms with Gasteiger partial charge in [-0.1, -0.05) is 13.8 Å². The maximum atomic E-state index is 12.2. The fraction of sp³-hybridized carbons (Fsp3) is 1.00. The predicted molar refractivity (Wildman–Crippen MR) is 37.5 cm³/mol. The molecule has 0 saturated heterocycles. The quantitative estimate of drug-likeness (QED) is 0.518. The Morgan fingerprint density at radius 3 is 1.64 bits per heavy atom. The summed E-state index contributed by atoms with van der Waals surface area (Å²) in [5, 5.41) is 0. The van der Waals surface area contributed by atoms with E-state index in [0.29, 0.717) is 0 Å². The molecule has 0 bridgehead atoms. The Labute approximate surface area is 64.8 Å². The van der Waals surface area contributed by atoms with E-state index in [2.05, 4.69) is 0 Å². The fourth-order valence-corrected chi connectivity index (χ4v) is 1.61. The molecule has 0 aromatic carbocycles. The molecule has 11 heavy (non-hydrogen) atoms. The van der Waals surface area contributed by atoms with Gasteiger partial charge < -0.3 is 0 Å². The van der Waals surface area contributed by atoms with E-state index in [1.54, 1.807) is 0 Å². The second kappa shape index (κ2) is 2.39. The van der Waals surface area contributed by atoms with E-state index in [9.17, 15) is 13.2 Å². The zero-order valence-corrected chi connectivity index (χ0v) is 6.83. The molecule has 0 N–H and O–H groups in total. The summed E-state index contributed by atoms with van der Waals surface area (Å²) in [6, 6.07) is 0. The highest BCUT2D eigenvalue weighted by Crippen LogP contribution is 2.71. The van der Waals surface area contributed by atoms with Crippen molar-refractivity contribution >= 4 is 0 Å². The van der Waals surface area contributed by atoms with Crippen LogP contribution >= 0.6 is 0 Å². The lowest BCUT2D eigenvalue weighted by Gasteiger charge is -2.29. The first-order valence-electron chi connectivity index (χ1n) is 4.08. The van der Waals surface area contributed by atoms with Crippen LogP contribution in [0.3, 0.4) is 0 Å². The van der Waals surface area contributed by atoms with Crippen molar-refractivity contribution in [3.8, 4) is 0 Å². The van der Waals surface area contributed by atoms with Gasteiger partial charge in [0.1, 0.15) is 6.17 Å². The van der Waals surface area contributed by atoms with Crippen molar-refractivity contribution in [2.24, 2.45) is 5.41 Å². The van der Waals surface area contributed by atoms with Crippen molar-refractivity contribution in [2.45, 2.75) is 45.2 Å². The largest absolute Gasteiger partial charge is 0.254 e. The van der Waals surface area contributed by atoms with Crippen LogP contribution in [0, 0.1) is 5.41 Å². The smallest absolute Gasteiger partial charge is 0.247 e. The molecule has 0 aromatic rings. The first-order valence-corrected chi connectivity index (χ1v) is 4.08. The molecule has 0 atom stereocenters. The topological polar surface area (TPSA) is 0 Å². The number of rotatable bonds is 0. The second-order valence-corrected chi connectivity index (χ2v) is 3.17. The van der Waals surface area contributed by atoms with Crippen LogP contribution in [0.5, 0.6) is 0 Å². The van der Waals surface area contributed by atoms with Gasteiger partial charge in [-0.15, -0.1) is 0 Å². The van der Waals surface area contributed by atoms with Crippen LogP contribution in [0.25, 0.3) is 0 Å². The van der Waals surface area contributed by atoms with Crippen molar-refractivity contribution in [3.05, 3.63) is 0 Å². The molecular formula is C8H13F3. The zero-order valence-electron chi connectivity index (χ0n) is 6.83. The number of hydrogen-bond acceptors (Lipinski definition) is 0. The Morgan fingerprint density at radius 2 is 1.55 bits per heavy atom. The third-order valence-corrected chi connectivity index (χ3v) is 2.44. The molecule has 2 fully saturated rings. The number of alkyl halides is 3. The summed E-state index contributed by atoms with van der Waals surface area (Å²) in [7, 11) is 0. The molecular weight excluding hydrogens is 153 g/mol. The van der Waals surface area contributed by atoms with Crippen LogP contribution in [0.4, 0.5) is 13.2 Å². The Morgan fingerprint density at radius 1 is 1.18 bits per heavy atom. The summed E-state index contributed by atoms with van der Waals surface area (Å²) in [5.74, 6) is -2.52. The second-order valence-electron chi connectivity index (χ2n) is 3.17. The van der Waals surface area contributed by atoms with Crippen LogP contribution in [0.1, 0.15) is 33.1 Å². The van der Waals surface area contributed by atoms with E-state index >= 15 is 0 Å². The van der Waals surface area contributed by atoms with Gasteiger partial charge in [-0.05, 0) is 12.8 Å². The maximum absolute atomic E-state index is 12.2. The first kappa shape index (κ1) is 8.88. The standard InChI is InChI=1S/C6H7F3.C2H6/c7-4-1-5(2-4)3-6(5,8)9;1-2/h4H,1-3H2;1-2H3. The van der Waals surface area contributed by atoms with Gasteiger partial charge in [0, 0.05) is 11.8 Å². The SMILES string of the molecule is CC.FC1CC2(C1)CC2(F)F. The van der Waals surface area contributed by atoms with Crippen LogP contribution in [-0.4, -0.2) is 12.1 Å². The van der Waals surface area contributed by atoms with Crippen LogP contribution in [0.15, 0.2) is 0 Å². The monoisotopic (exact) mass is 166 g/mol. The summed E-state index contributed by atoms with van der Waals surface area (Å²) in [6.07, 6.45) is -0.821. The number of hydrogen-bond donors (Lipinski definition) is 0. The van der Waals surface area contributed by atoms with Gasteiger partial charge in [-0.3, -0.25) is 0 Å². The van der Waals surface area contributed by atoms with Gasteiger partial charge in [0.2, 0.25) is 0 Å². The summed E-state index contributed by atoms with van der Waals surface area (Å²) < 4.78 is 36.5. The Kier molecular flexibility index (Phi) is 1.93. The van der Waals surface area contributed by atoms with Crippen molar-refractivity contribution in [3.63, 3.8) is 0 Å². The summed E-state index contributed by atoms with van der Waals surface area (Å²) in [6.45, 7) is 4.00. The van der Waals surface area contributed by atoms with E-state index in [1.807, 2.05) is 13.8 Å². The predicted octanol–water partition coefficient (Wildman–Crippen LogP) is 3.17. The van der Waals surface area contributed by atoms with Gasteiger partial charge in [-0.2, -0.15) is 0 Å². The first-order chi connectivity index (χ1) is 5.06. The molecule has 2 saturated carbocycles. The fourth-order valence-electron chi connectivity index (χ4n) is 1.61. The molecule has 0 heterocycles. The highest BCUT2D eigenvalue weighted by Gasteiger charge is 2.75. The minimum atomic E-state index is -2.52. The van der Waals surface area contributed by atoms with Gasteiger partial charge >= 0.3 is 0 Å². The van der Waals surface area contributed by atoms with Crippen LogP contribution in [0.2, 0.25) is 0 Å². The van der Waals surface area contributed by atoms with E-state index in [1.165, 1.54) is 0 Å². The third kappa shape index (κ3) is 1.14. The molecule has 0 unspecified atom stereocenters. The van der Waals surface area contributed by atoms with Gasteiger partial charge in [0.05, 0.1) is 0 Å². The summed E-state index contributed by atoms with van der Waals surface area (Å²) in [4.78, 5) is 0. The minimum Gasteiger partial charge on any atom is -0.247 e. The van der Waals surface area contributed by atoms with Crippen LogP contribution < -0.4 is 0 Å². The minimum absolute atomic E-state index is 0.0690. The lowest BCUT2D eigenvalue weighted by molar-refractivity contribution is -0.0102. The van der Waals surface area contributed by atoms with Crippen molar-refractivity contribution in [2.75, 3.05) is 0 Å². The molecule has 3 heteroatoms. The average molecular weight is 166 g/mol. The van der Waals surface area contributed by atoms with E-state index in [0.717, 1.165) is 0 Å². The molecule has 2 aliphatic carbocycles. The number of halogens is 3. The van der Waals surface area contributed by atoms with E-state index in [-0.39, 0.29) is 19.3 Å². The van der Waals surface area contributed by atoms with Crippen LogP contribution in [-0.2, 0) is 0 Å². The molecule has 2 rings (SSSR count). The molecule has 1 spiro atoms. The van der Waals surface area contributed by atoms with E-state index in [4.69, 9.17) is 0 Å². The Bertz CT molecular complexity index is 147. The van der Waals surface area contributed by atoms with Gasteiger partial charge in [0.15, 0.2) is 0 Å². The Balaban J connectivity index is 0.000000281. The Hall–Kier alpha value is -0.210. The molecule has 0 amide bonds.